The predicted octanol–water partition coefficient (Wildman–Crippen LogP) is 3.59. The van der Waals surface area contributed by atoms with Crippen LogP contribution in [0.4, 0.5) is 0 Å². The minimum Gasteiger partial charge on any atom is -0.297 e. The molecule has 88 valence electrons. The maximum Gasteiger partial charge on any atom is 0.0997 e. The van der Waals surface area contributed by atoms with Crippen LogP contribution in [0.5, 0.6) is 0 Å². The highest BCUT2D eigenvalue weighted by Crippen LogP contribution is 2.24. The summed E-state index contributed by atoms with van der Waals surface area (Å²) in [5.74, 6) is 0. The molecule has 0 fully saturated rings. The zero-order valence-corrected chi connectivity index (χ0v) is 10.2. The first-order valence-electron chi connectivity index (χ1n) is 5.53. The van der Waals surface area contributed by atoms with Crippen molar-refractivity contribution in [3.63, 3.8) is 0 Å². The minimum absolute atomic E-state index is 0.714. The third kappa shape index (κ3) is 2.00. The van der Waals surface area contributed by atoms with Crippen molar-refractivity contribution in [2.24, 2.45) is 0 Å². The summed E-state index contributed by atoms with van der Waals surface area (Å²) >= 11 is 6.02. The molecule has 2 heterocycles. The lowest BCUT2D eigenvalue weighted by Crippen LogP contribution is -1.95. The standard InChI is InChI=1S/C14H10ClN3/c15-12-4-1-3-11(7-12)14-9-17-10-18(14)13-5-2-6-16-8-13/h1-10H. The Balaban J connectivity index is 2.13. The van der Waals surface area contributed by atoms with E-state index in [4.69, 9.17) is 11.6 Å². The number of imidazole rings is 1. The highest BCUT2D eigenvalue weighted by molar-refractivity contribution is 6.30. The van der Waals surface area contributed by atoms with Crippen molar-refractivity contribution in [3.8, 4) is 16.9 Å². The van der Waals surface area contributed by atoms with Gasteiger partial charge in [-0.2, -0.15) is 0 Å². The van der Waals surface area contributed by atoms with Gasteiger partial charge < -0.3 is 0 Å². The van der Waals surface area contributed by atoms with E-state index in [9.17, 15) is 0 Å². The number of halogens is 1. The number of aromatic nitrogens is 3. The Morgan fingerprint density at radius 2 is 1.94 bits per heavy atom. The quantitative estimate of drug-likeness (QED) is 0.701. The molecule has 0 saturated carbocycles. The van der Waals surface area contributed by atoms with Crippen LogP contribution in [0.15, 0.2) is 61.3 Å². The normalized spacial score (nSPS) is 10.5. The fourth-order valence-corrected chi connectivity index (χ4v) is 2.05. The second-order valence-corrected chi connectivity index (χ2v) is 4.31. The van der Waals surface area contributed by atoms with E-state index in [0.717, 1.165) is 16.9 Å². The molecule has 3 rings (SSSR count). The van der Waals surface area contributed by atoms with Crippen molar-refractivity contribution in [2.75, 3.05) is 0 Å². The third-order valence-electron chi connectivity index (χ3n) is 2.68. The largest absolute Gasteiger partial charge is 0.297 e. The molecule has 4 heteroatoms. The van der Waals surface area contributed by atoms with Gasteiger partial charge in [0.1, 0.15) is 0 Å². The summed E-state index contributed by atoms with van der Waals surface area (Å²) in [6, 6.07) is 11.6. The highest BCUT2D eigenvalue weighted by atomic mass is 35.5. The monoisotopic (exact) mass is 255 g/mol. The number of nitrogens with zero attached hydrogens (tertiary/aromatic N) is 3. The summed E-state index contributed by atoms with van der Waals surface area (Å²) in [5.41, 5.74) is 3.00. The summed E-state index contributed by atoms with van der Waals surface area (Å²) in [6.07, 6.45) is 7.14. The summed E-state index contributed by atoms with van der Waals surface area (Å²) in [5, 5.41) is 0.714. The van der Waals surface area contributed by atoms with Gasteiger partial charge in [0.2, 0.25) is 0 Å². The number of hydrogen-bond donors (Lipinski definition) is 0. The minimum atomic E-state index is 0.714. The molecule has 0 saturated heterocycles. The van der Waals surface area contributed by atoms with Crippen molar-refractivity contribution in [2.45, 2.75) is 0 Å². The van der Waals surface area contributed by atoms with E-state index < -0.39 is 0 Å². The van der Waals surface area contributed by atoms with Crippen LogP contribution in [0, 0.1) is 0 Å². The first-order chi connectivity index (χ1) is 8.84. The van der Waals surface area contributed by atoms with Gasteiger partial charge in [0.25, 0.3) is 0 Å². The first kappa shape index (κ1) is 11.0. The fraction of sp³-hybridized carbons (Fsp3) is 0. The second kappa shape index (κ2) is 4.63. The molecule has 0 unspecified atom stereocenters. The van der Waals surface area contributed by atoms with Crippen molar-refractivity contribution in [1.29, 1.82) is 0 Å². The Morgan fingerprint density at radius 3 is 2.72 bits per heavy atom. The summed E-state index contributed by atoms with van der Waals surface area (Å²) in [4.78, 5) is 8.31. The molecule has 0 radical (unpaired) electrons. The van der Waals surface area contributed by atoms with Crippen LogP contribution < -0.4 is 0 Å². The van der Waals surface area contributed by atoms with Crippen LogP contribution in [0.2, 0.25) is 5.02 Å². The Kier molecular flexibility index (Phi) is 2.82. The van der Waals surface area contributed by atoms with Crippen LogP contribution >= 0.6 is 11.6 Å². The molecule has 0 spiro atoms. The highest BCUT2D eigenvalue weighted by Gasteiger charge is 2.07. The van der Waals surface area contributed by atoms with Gasteiger partial charge in [-0.05, 0) is 24.3 Å². The molecular formula is C14H10ClN3. The molecule has 3 nitrogen and oxygen atoms in total. The van der Waals surface area contributed by atoms with E-state index in [-0.39, 0.29) is 0 Å². The zero-order valence-electron chi connectivity index (χ0n) is 9.49. The Morgan fingerprint density at radius 1 is 1.00 bits per heavy atom. The SMILES string of the molecule is Clc1cccc(-c2cncn2-c2cccnc2)c1. The van der Waals surface area contributed by atoms with Crippen LogP contribution in [0.1, 0.15) is 0 Å². The average molecular weight is 256 g/mol. The molecule has 0 bridgehead atoms. The number of benzene rings is 1. The Labute approximate surface area is 110 Å². The molecule has 0 aliphatic heterocycles. The molecule has 0 N–H and O–H groups in total. The van der Waals surface area contributed by atoms with Crippen molar-refractivity contribution in [3.05, 3.63) is 66.3 Å². The number of hydrogen-bond acceptors (Lipinski definition) is 2. The Hall–Kier alpha value is -2.13. The molecule has 0 aliphatic rings. The lowest BCUT2D eigenvalue weighted by molar-refractivity contribution is 1.04. The van der Waals surface area contributed by atoms with E-state index in [0.29, 0.717) is 5.02 Å². The van der Waals surface area contributed by atoms with Crippen LogP contribution in [-0.4, -0.2) is 14.5 Å². The van der Waals surface area contributed by atoms with E-state index >= 15 is 0 Å². The molecule has 0 aliphatic carbocycles. The first-order valence-corrected chi connectivity index (χ1v) is 5.91. The average Bonchev–Trinajstić information content (AvgIpc) is 2.89. The van der Waals surface area contributed by atoms with E-state index in [1.165, 1.54) is 0 Å². The maximum atomic E-state index is 6.02. The second-order valence-electron chi connectivity index (χ2n) is 3.87. The Bertz CT molecular complexity index is 662. The van der Waals surface area contributed by atoms with Gasteiger partial charge in [-0.25, -0.2) is 4.98 Å². The molecule has 1 aromatic carbocycles. The summed E-state index contributed by atoms with van der Waals surface area (Å²) in [7, 11) is 0. The lowest BCUT2D eigenvalue weighted by Gasteiger charge is -2.07. The molecule has 18 heavy (non-hydrogen) atoms. The van der Waals surface area contributed by atoms with Gasteiger partial charge >= 0.3 is 0 Å². The molecule has 0 atom stereocenters. The van der Waals surface area contributed by atoms with Crippen LogP contribution in [0.3, 0.4) is 0 Å². The van der Waals surface area contributed by atoms with E-state index in [1.807, 2.05) is 47.2 Å². The zero-order chi connectivity index (χ0) is 12.4. The maximum absolute atomic E-state index is 6.02. The third-order valence-corrected chi connectivity index (χ3v) is 2.92. The van der Waals surface area contributed by atoms with Gasteiger partial charge in [0.15, 0.2) is 0 Å². The van der Waals surface area contributed by atoms with Gasteiger partial charge in [-0.15, -0.1) is 0 Å². The summed E-state index contributed by atoms with van der Waals surface area (Å²) in [6.45, 7) is 0. The van der Waals surface area contributed by atoms with E-state index in [2.05, 4.69) is 9.97 Å². The van der Waals surface area contributed by atoms with Crippen molar-refractivity contribution >= 4 is 11.6 Å². The number of rotatable bonds is 2. The van der Waals surface area contributed by atoms with Gasteiger partial charge in [-0.1, -0.05) is 23.7 Å². The van der Waals surface area contributed by atoms with Crippen molar-refractivity contribution in [1.82, 2.24) is 14.5 Å². The fourth-order valence-electron chi connectivity index (χ4n) is 1.86. The molecule has 2 aromatic heterocycles. The predicted molar refractivity (Wildman–Crippen MR) is 71.8 cm³/mol. The lowest BCUT2D eigenvalue weighted by atomic mass is 10.1. The molecule has 0 amide bonds. The number of pyridine rings is 1. The molecular weight excluding hydrogens is 246 g/mol. The molecule has 3 aromatic rings. The van der Waals surface area contributed by atoms with Crippen molar-refractivity contribution < 1.29 is 0 Å². The van der Waals surface area contributed by atoms with Gasteiger partial charge in [0.05, 0.1) is 30.1 Å². The topological polar surface area (TPSA) is 30.7 Å². The van der Waals surface area contributed by atoms with Gasteiger partial charge in [0, 0.05) is 16.8 Å². The van der Waals surface area contributed by atoms with Gasteiger partial charge in [-0.3, -0.25) is 9.55 Å². The smallest absolute Gasteiger partial charge is 0.0997 e. The van der Waals surface area contributed by atoms with E-state index in [1.54, 1.807) is 18.7 Å². The van der Waals surface area contributed by atoms with Crippen LogP contribution in [0.25, 0.3) is 16.9 Å². The summed E-state index contributed by atoms with van der Waals surface area (Å²) < 4.78 is 1.98. The van der Waals surface area contributed by atoms with Crippen LogP contribution in [-0.2, 0) is 0 Å².